The first kappa shape index (κ1) is 21.3. The fourth-order valence-electron chi connectivity index (χ4n) is 4.75. The van der Waals surface area contributed by atoms with Crippen molar-refractivity contribution >= 4 is 27.5 Å². The third-order valence-corrected chi connectivity index (χ3v) is 8.39. The van der Waals surface area contributed by atoms with E-state index in [4.69, 9.17) is 0 Å². The molecule has 2 fully saturated rings. The Hall–Kier alpha value is -1.97. The van der Waals surface area contributed by atoms with Crippen LogP contribution in [0.4, 0.5) is 5.69 Å². The molecule has 0 unspecified atom stereocenters. The van der Waals surface area contributed by atoms with Crippen molar-refractivity contribution < 1.29 is 18.0 Å². The third-order valence-electron chi connectivity index (χ3n) is 6.49. The van der Waals surface area contributed by atoms with E-state index in [0.717, 1.165) is 38.0 Å². The Morgan fingerprint density at radius 2 is 1.70 bits per heavy atom. The number of nitrogens with zero attached hydrogens (tertiary/aromatic N) is 4. The maximum absolute atomic E-state index is 13.3. The van der Waals surface area contributed by atoms with Crippen molar-refractivity contribution in [2.45, 2.75) is 44.0 Å². The number of piperazine rings is 1. The predicted molar refractivity (Wildman–Crippen MR) is 114 cm³/mol. The Kier molecular flexibility index (Phi) is 5.87. The quantitative estimate of drug-likeness (QED) is 0.704. The second kappa shape index (κ2) is 8.28. The predicted octanol–water partition coefficient (Wildman–Crippen LogP) is 0.913. The number of likely N-dealkylation sites (N-methyl/N-ethyl adjacent to an activating group) is 1. The van der Waals surface area contributed by atoms with Gasteiger partial charge in [-0.25, -0.2) is 8.42 Å². The molecule has 3 aliphatic heterocycles. The fourth-order valence-corrected chi connectivity index (χ4v) is 6.32. The molecule has 3 aliphatic rings. The number of fused-ring (bicyclic) bond motifs is 1. The van der Waals surface area contributed by atoms with Crippen LogP contribution in [0.2, 0.25) is 0 Å². The molecule has 1 aromatic rings. The van der Waals surface area contributed by atoms with Gasteiger partial charge in [0.1, 0.15) is 6.04 Å². The van der Waals surface area contributed by atoms with E-state index >= 15 is 0 Å². The number of benzene rings is 1. The average Bonchev–Trinajstić information content (AvgIpc) is 3.41. The fraction of sp³-hybridized carbons (Fsp3) is 0.619. The topological polar surface area (TPSA) is 81.2 Å². The van der Waals surface area contributed by atoms with Crippen molar-refractivity contribution in [3.05, 3.63) is 23.8 Å². The largest absolute Gasteiger partial charge is 0.338 e. The molecule has 0 aliphatic carbocycles. The molecule has 0 radical (unpaired) electrons. The molecule has 164 valence electrons. The smallest absolute Gasteiger partial charge is 0.246 e. The molecule has 2 saturated heterocycles. The van der Waals surface area contributed by atoms with Gasteiger partial charge in [-0.2, -0.15) is 4.31 Å². The third kappa shape index (κ3) is 3.74. The summed E-state index contributed by atoms with van der Waals surface area (Å²) in [6.45, 7) is 8.59. The molecule has 1 aromatic carbocycles. The minimum atomic E-state index is -3.54. The Morgan fingerprint density at radius 3 is 2.30 bits per heavy atom. The molecule has 0 saturated carbocycles. The van der Waals surface area contributed by atoms with Gasteiger partial charge in [0, 0.05) is 58.3 Å². The lowest BCUT2D eigenvalue weighted by atomic mass is 10.1. The first-order chi connectivity index (χ1) is 14.3. The first-order valence-electron chi connectivity index (χ1n) is 10.8. The van der Waals surface area contributed by atoms with Crippen LogP contribution < -0.4 is 4.90 Å². The summed E-state index contributed by atoms with van der Waals surface area (Å²) >= 11 is 0. The molecular weight excluding hydrogens is 404 g/mol. The number of hydrogen-bond acceptors (Lipinski definition) is 5. The van der Waals surface area contributed by atoms with E-state index in [1.54, 1.807) is 18.2 Å². The van der Waals surface area contributed by atoms with Crippen LogP contribution >= 0.6 is 0 Å². The number of amides is 2. The first-order valence-corrected chi connectivity index (χ1v) is 12.2. The van der Waals surface area contributed by atoms with Crippen LogP contribution in [0.3, 0.4) is 0 Å². The highest BCUT2D eigenvalue weighted by molar-refractivity contribution is 7.89. The molecule has 0 spiro atoms. The lowest BCUT2D eigenvalue weighted by molar-refractivity contribution is -0.135. The number of anilines is 1. The Labute approximate surface area is 178 Å². The van der Waals surface area contributed by atoms with Crippen molar-refractivity contribution in [1.29, 1.82) is 0 Å². The maximum atomic E-state index is 13.3. The molecule has 1 atom stereocenters. The molecule has 0 aromatic heterocycles. The molecule has 9 heteroatoms. The number of sulfonamides is 1. The van der Waals surface area contributed by atoms with E-state index in [1.807, 2.05) is 4.90 Å². The van der Waals surface area contributed by atoms with Crippen LogP contribution in [0, 0.1) is 0 Å². The standard InChI is InChI=1S/C21H30N4O4S/c1-3-22-10-12-23(13-11-22)21(27)20-15-17-14-18(6-7-19(17)25(20)16(2)26)30(28,29)24-8-4-5-9-24/h6-7,14,20H,3-5,8-13,15H2,1-2H3/t20-/m1/s1. The summed E-state index contributed by atoms with van der Waals surface area (Å²) < 4.78 is 27.4. The van der Waals surface area contributed by atoms with E-state index in [-0.39, 0.29) is 16.7 Å². The molecule has 2 amide bonds. The van der Waals surface area contributed by atoms with Crippen LogP contribution in [0.25, 0.3) is 0 Å². The number of carbonyl (C=O) groups excluding carboxylic acids is 2. The van der Waals surface area contributed by atoms with Crippen LogP contribution in [0.5, 0.6) is 0 Å². The Morgan fingerprint density at radius 1 is 1.03 bits per heavy atom. The van der Waals surface area contributed by atoms with E-state index < -0.39 is 16.1 Å². The van der Waals surface area contributed by atoms with Crippen molar-refractivity contribution in [2.24, 2.45) is 0 Å². The van der Waals surface area contributed by atoms with E-state index in [0.29, 0.717) is 38.3 Å². The lowest BCUT2D eigenvalue weighted by Gasteiger charge is -2.36. The van der Waals surface area contributed by atoms with Crippen LogP contribution in [0.1, 0.15) is 32.3 Å². The van der Waals surface area contributed by atoms with Gasteiger partial charge in [0.25, 0.3) is 0 Å². The van der Waals surface area contributed by atoms with Gasteiger partial charge >= 0.3 is 0 Å². The number of carbonyl (C=O) groups is 2. The van der Waals surface area contributed by atoms with E-state index in [2.05, 4.69) is 11.8 Å². The van der Waals surface area contributed by atoms with Gasteiger partial charge < -0.3 is 9.80 Å². The molecular formula is C21H30N4O4S. The summed E-state index contributed by atoms with van der Waals surface area (Å²) in [7, 11) is -3.54. The zero-order valence-corrected chi connectivity index (χ0v) is 18.5. The minimum Gasteiger partial charge on any atom is -0.338 e. The van der Waals surface area contributed by atoms with Gasteiger partial charge in [0.05, 0.1) is 4.90 Å². The Bertz CT molecular complexity index is 934. The van der Waals surface area contributed by atoms with Crippen molar-refractivity contribution in [2.75, 3.05) is 50.7 Å². The van der Waals surface area contributed by atoms with Gasteiger partial charge in [-0.1, -0.05) is 6.92 Å². The summed E-state index contributed by atoms with van der Waals surface area (Å²) in [4.78, 5) is 31.6. The molecule has 3 heterocycles. The summed E-state index contributed by atoms with van der Waals surface area (Å²) in [6.07, 6.45) is 2.11. The van der Waals surface area contributed by atoms with Crippen LogP contribution in [0.15, 0.2) is 23.1 Å². The van der Waals surface area contributed by atoms with Crippen LogP contribution in [-0.2, 0) is 26.0 Å². The second-order valence-corrected chi connectivity index (χ2v) is 10.2. The molecule has 4 rings (SSSR count). The number of hydrogen-bond donors (Lipinski definition) is 0. The molecule has 0 N–H and O–H groups in total. The number of rotatable bonds is 4. The second-order valence-electron chi connectivity index (χ2n) is 8.27. The van der Waals surface area contributed by atoms with Gasteiger partial charge in [-0.05, 0) is 43.1 Å². The lowest BCUT2D eigenvalue weighted by Crippen LogP contribution is -2.55. The van der Waals surface area contributed by atoms with Gasteiger partial charge in [0.15, 0.2) is 0 Å². The summed E-state index contributed by atoms with van der Waals surface area (Å²) in [6, 6.07) is 4.30. The zero-order valence-electron chi connectivity index (χ0n) is 17.7. The minimum absolute atomic E-state index is 0.0545. The molecule has 0 bridgehead atoms. The molecule has 8 nitrogen and oxygen atoms in total. The normalized spacial score (nSPS) is 23.1. The summed E-state index contributed by atoms with van der Waals surface area (Å²) in [5, 5.41) is 0. The van der Waals surface area contributed by atoms with Crippen molar-refractivity contribution in [3.8, 4) is 0 Å². The van der Waals surface area contributed by atoms with Gasteiger partial charge in [-0.15, -0.1) is 0 Å². The SMILES string of the molecule is CCN1CCN(C(=O)[C@H]2Cc3cc(S(=O)(=O)N4CCCC4)ccc3N2C(C)=O)CC1. The van der Waals surface area contributed by atoms with E-state index in [9.17, 15) is 18.0 Å². The highest BCUT2D eigenvalue weighted by Gasteiger charge is 2.40. The Balaban J connectivity index is 1.58. The van der Waals surface area contributed by atoms with Crippen molar-refractivity contribution in [1.82, 2.24) is 14.1 Å². The van der Waals surface area contributed by atoms with Crippen molar-refractivity contribution in [3.63, 3.8) is 0 Å². The monoisotopic (exact) mass is 434 g/mol. The summed E-state index contributed by atoms with van der Waals surface area (Å²) in [5.74, 6) is -0.254. The molecule has 30 heavy (non-hydrogen) atoms. The average molecular weight is 435 g/mol. The summed E-state index contributed by atoms with van der Waals surface area (Å²) in [5.41, 5.74) is 1.39. The highest BCUT2D eigenvalue weighted by atomic mass is 32.2. The zero-order chi connectivity index (χ0) is 21.5. The van der Waals surface area contributed by atoms with Crippen LogP contribution in [-0.4, -0.2) is 86.2 Å². The highest BCUT2D eigenvalue weighted by Crippen LogP contribution is 2.36. The van der Waals surface area contributed by atoms with E-state index in [1.165, 1.54) is 16.1 Å². The maximum Gasteiger partial charge on any atom is 0.246 e. The van der Waals surface area contributed by atoms with Gasteiger partial charge in [0.2, 0.25) is 21.8 Å². The van der Waals surface area contributed by atoms with Gasteiger partial charge in [-0.3, -0.25) is 14.5 Å².